The largest absolute Gasteiger partial charge is 0.467 e. The standard InChI is InChI=1S/C15H20F3N3O2.2ClH/c1-19-8-11-4-3-7-21(9-11)14(22)12-5-2-6-20-13(12)23-10-15(16,17)18;;/h2,5-6,11,19H,3-4,7-10H2,1H3;2*1H. The van der Waals surface area contributed by atoms with Gasteiger partial charge in [0.2, 0.25) is 5.88 Å². The van der Waals surface area contributed by atoms with Crippen LogP contribution in [0, 0.1) is 5.92 Å². The molecule has 1 amide bonds. The summed E-state index contributed by atoms with van der Waals surface area (Å²) in [6.07, 6.45) is -1.27. The van der Waals surface area contributed by atoms with Crippen LogP contribution in [0.5, 0.6) is 5.88 Å². The van der Waals surface area contributed by atoms with Crippen molar-refractivity contribution >= 4 is 30.7 Å². The van der Waals surface area contributed by atoms with Crippen LogP contribution in [0.3, 0.4) is 0 Å². The summed E-state index contributed by atoms with van der Waals surface area (Å²) in [5.41, 5.74) is 0.0712. The molecule has 2 heterocycles. The number of nitrogens with zero attached hydrogens (tertiary/aromatic N) is 2. The second kappa shape index (κ2) is 10.7. The van der Waals surface area contributed by atoms with Gasteiger partial charge < -0.3 is 15.0 Å². The Labute approximate surface area is 157 Å². The van der Waals surface area contributed by atoms with Crippen LogP contribution in [0.2, 0.25) is 0 Å². The van der Waals surface area contributed by atoms with Crippen LogP contribution in [-0.4, -0.2) is 55.3 Å². The number of alkyl halides is 3. The number of amides is 1. The van der Waals surface area contributed by atoms with E-state index in [1.807, 2.05) is 7.05 Å². The zero-order valence-corrected chi connectivity index (χ0v) is 15.3. The lowest BCUT2D eigenvalue weighted by atomic mass is 9.97. The fourth-order valence-corrected chi connectivity index (χ4v) is 2.69. The third-order valence-corrected chi connectivity index (χ3v) is 3.67. The van der Waals surface area contributed by atoms with Gasteiger partial charge in [-0.2, -0.15) is 13.2 Å². The molecular weight excluding hydrogens is 382 g/mol. The van der Waals surface area contributed by atoms with E-state index in [1.165, 1.54) is 18.3 Å². The maximum absolute atomic E-state index is 12.6. The van der Waals surface area contributed by atoms with Crippen molar-refractivity contribution in [2.75, 3.05) is 33.3 Å². The highest BCUT2D eigenvalue weighted by Crippen LogP contribution is 2.23. The van der Waals surface area contributed by atoms with Gasteiger partial charge >= 0.3 is 6.18 Å². The Hall–Kier alpha value is -1.25. The fourth-order valence-electron chi connectivity index (χ4n) is 2.69. The maximum atomic E-state index is 12.6. The second-order valence-corrected chi connectivity index (χ2v) is 5.58. The molecule has 0 radical (unpaired) electrons. The Morgan fingerprint density at radius 1 is 1.44 bits per heavy atom. The number of likely N-dealkylation sites (tertiary alicyclic amines) is 1. The van der Waals surface area contributed by atoms with E-state index < -0.39 is 12.8 Å². The molecule has 1 aromatic heterocycles. The van der Waals surface area contributed by atoms with Crippen molar-refractivity contribution in [1.29, 1.82) is 0 Å². The van der Waals surface area contributed by atoms with Crippen molar-refractivity contribution in [2.45, 2.75) is 19.0 Å². The second-order valence-electron chi connectivity index (χ2n) is 5.58. The number of rotatable bonds is 5. The number of aromatic nitrogens is 1. The van der Waals surface area contributed by atoms with E-state index in [0.29, 0.717) is 19.0 Å². The molecule has 144 valence electrons. The van der Waals surface area contributed by atoms with Crippen LogP contribution in [0.25, 0.3) is 0 Å². The minimum atomic E-state index is -4.47. The molecule has 0 aromatic carbocycles. The van der Waals surface area contributed by atoms with Gasteiger partial charge in [0.25, 0.3) is 5.91 Å². The lowest BCUT2D eigenvalue weighted by Crippen LogP contribution is -2.42. The molecule has 5 nitrogen and oxygen atoms in total. The predicted molar refractivity (Wildman–Crippen MR) is 92.8 cm³/mol. The molecule has 0 aliphatic carbocycles. The summed E-state index contributed by atoms with van der Waals surface area (Å²) in [6.45, 7) is 0.501. The number of pyridine rings is 1. The van der Waals surface area contributed by atoms with Gasteiger partial charge in [-0.05, 0) is 44.5 Å². The van der Waals surface area contributed by atoms with Gasteiger partial charge in [0, 0.05) is 19.3 Å². The molecule has 1 aliphatic rings. The third kappa shape index (κ3) is 7.25. The lowest BCUT2D eigenvalue weighted by Gasteiger charge is -2.33. The Morgan fingerprint density at radius 2 is 2.16 bits per heavy atom. The average molecular weight is 404 g/mol. The Morgan fingerprint density at radius 3 is 2.80 bits per heavy atom. The molecule has 0 spiro atoms. The van der Waals surface area contributed by atoms with Gasteiger partial charge in [0.1, 0.15) is 5.56 Å². The van der Waals surface area contributed by atoms with Crippen molar-refractivity contribution in [2.24, 2.45) is 5.92 Å². The molecule has 2 rings (SSSR count). The van der Waals surface area contributed by atoms with Crippen molar-refractivity contribution in [3.05, 3.63) is 23.9 Å². The summed E-state index contributed by atoms with van der Waals surface area (Å²) in [6, 6.07) is 2.96. The summed E-state index contributed by atoms with van der Waals surface area (Å²) in [5, 5.41) is 3.08. The van der Waals surface area contributed by atoms with Crippen molar-refractivity contribution in [3.63, 3.8) is 0 Å². The monoisotopic (exact) mass is 403 g/mol. The highest BCUT2D eigenvalue weighted by molar-refractivity contribution is 5.96. The van der Waals surface area contributed by atoms with Gasteiger partial charge in [-0.15, -0.1) is 24.8 Å². The average Bonchev–Trinajstić information content (AvgIpc) is 2.52. The number of hydrogen-bond acceptors (Lipinski definition) is 4. The van der Waals surface area contributed by atoms with Gasteiger partial charge in [0.15, 0.2) is 6.61 Å². The number of nitrogens with one attached hydrogen (secondary N) is 1. The number of carbonyl (C=O) groups excluding carboxylic acids is 1. The minimum absolute atomic E-state index is 0. The number of ether oxygens (including phenoxy) is 1. The van der Waals surface area contributed by atoms with E-state index in [2.05, 4.69) is 10.3 Å². The fraction of sp³-hybridized carbons (Fsp3) is 0.600. The molecule has 0 bridgehead atoms. The van der Waals surface area contributed by atoms with Gasteiger partial charge in [-0.3, -0.25) is 4.79 Å². The van der Waals surface area contributed by atoms with Crippen molar-refractivity contribution < 1.29 is 22.7 Å². The smallest absolute Gasteiger partial charge is 0.422 e. The van der Waals surface area contributed by atoms with Crippen LogP contribution in [0.4, 0.5) is 13.2 Å². The Kier molecular flexibility index (Phi) is 10.1. The van der Waals surface area contributed by atoms with Gasteiger partial charge in [-0.25, -0.2) is 4.98 Å². The topological polar surface area (TPSA) is 54.5 Å². The van der Waals surface area contributed by atoms with Crippen molar-refractivity contribution in [3.8, 4) is 5.88 Å². The first kappa shape index (κ1) is 23.8. The van der Waals surface area contributed by atoms with E-state index in [-0.39, 0.29) is 42.2 Å². The molecule has 1 saturated heterocycles. The lowest BCUT2D eigenvalue weighted by molar-refractivity contribution is -0.154. The summed E-state index contributed by atoms with van der Waals surface area (Å²) in [4.78, 5) is 18.0. The predicted octanol–water partition coefficient (Wildman–Crippen LogP) is 2.94. The number of carbonyl (C=O) groups is 1. The molecule has 10 heteroatoms. The molecule has 1 fully saturated rings. The SMILES string of the molecule is CNCC1CCCN(C(=O)c2cccnc2OCC(F)(F)F)C1.Cl.Cl. The van der Waals surface area contributed by atoms with Crippen LogP contribution in [0.15, 0.2) is 18.3 Å². The highest BCUT2D eigenvalue weighted by Gasteiger charge is 2.31. The Balaban J connectivity index is 0.00000288. The molecule has 1 atom stereocenters. The quantitative estimate of drug-likeness (QED) is 0.820. The molecule has 1 N–H and O–H groups in total. The molecule has 1 unspecified atom stereocenters. The Bertz CT molecular complexity index is 545. The van der Waals surface area contributed by atoms with Gasteiger partial charge in [-0.1, -0.05) is 0 Å². The summed E-state index contributed by atoms with van der Waals surface area (Å²) >= 11 is 0. The molecular formula is C15H22Cl2F3N3O2. The molecule has 25 heavy (non-hydrogen) atoms. The van der Waals surface area contributed by atoms with E-state index in [9.17, 15) is 18.0 Å². The van der Waals surface area contributed by atoms with E-state index in [0.717, 1.165) is 19.4 Å². The maximum Gasteiger partial charge on any atom is 0.422 e. The minimum Gasteiger partial charge on any atom is -0.467 e. The summed E-state index contributed by atoms with van der Waals surface area (Å²) < 4.78 is 41.6. The summed E-state index contributed by atoms with van der Waals surface area (Å²) in [5.74, 6) is -0.268. The first-order valence-electron chi connectivity index (χ1n) is 7.49. The zero-order chi connectivity index (χ0) is 16.9. The normalized spacial score (nSPS) is 17.3. The van der Waals surface area contributed by atoms with Crippen LogP contribution < -0.4 is 10.1 Å². The van der Waals surface area contributed by atoms with Crippen LogP contribution >= 0.6 is 24.8 Å². The zero-order valence-electron chi connectivity index (χ0n) is 13.7. The van der Waals surface area contributed by atoms with E-state index >= 15 is 0 Å². The van der Waals surface area contributed by atoms with Crippen molar-refractivity contribution in [1.82, 2.24) is 15.2 Å². The van der Waals surface area contributed by atoms with E-state index in [4.69, 9.17) is 4.74 Å². The number of hydrogen-bond donors (Lipinski definition) is 1. The third-order valence-electron chi connectivity index (χ3n) is 3.67. The summed E-state index contributed by atoms with van der Waals surface area (Å²) in [7, 11) is 1.85. The van der Waals surface area contributed by atoms with E-state index in [1.54, 1.807) is 4.90 Å². The number of halogens is 5. The first-order chi connectivity index (χ1) is 10.9. The highest BCUT2D eigenvalue weighted by atomic mass is 35.5. The molecule has 1 aromatic rings. The van der Waals surface area contributed by atoms with Gasteiger partial charge in [0.05, 0.1) is 0 Å². The van der Waals surface area contributed by atoms with Crippen LogP contribution in [-0.2, 0) is 0 Å². The number of piperidine rings is 1. The molecule has 1 aliphatic heterocycles. The van der Waals surface area contributed by atoms with Crippen LogP contribution in [0.1, 0.15) is 23.2 Å². The first-order valence-corrected chi connectivity index (χ1v) is 7.49. The molecule has 0 saturated carbocycles.